The Morgan fingerprint density at radius 2 is 0.821 bits per heavy atom. The molecule has 0 aromatic rings. The van der Waals surface area contributed by atoms with E-state index in [4.69, 9.17) is 13.8 Å². The van der Waals surface area contributed by atoms with Gasteiger partial charge >= 0.3 is 5.97 Å². The van der Waals surface area contributed by atoms with Crippen molar-refractivity contribution in [1.82, 2.24) is 5.32 Å². The lowest BCUT2D eigenvalue weighted by Crippen LogP contribution is -2.47. The van der Waals surface area contributed by atoms with E-state index in [9.17, 15) is 19.0 Å². The molecule has 0 aliphatic carbocycles. The van der Waals surface area contributed by atoms with E-state index in [1.807, 2.05) is 33.3 Å². The largest absolute Gasteiger partial charge is 0.756 e. The van der Waals surface area contributed by atoms with Gasteiger partial charge in [0.05, 0.1) is 33.8 Å². The fraction of sp³-hybridized carbons (Fsp3) is 0.647. The van der Waals surface area contributed by atoms with Gasteiger partial charge in [-0.1, -0.05) is 232 Å². The van der Waals surface area contributed by atoms with Gasteiger partial charge in [0.1, 0.15) is 19.3 Å². The minimum atomic E-state index is -4.72. The summed E-state index contributed by atoms with van der Waals surface area (Å²) < 4.78 is 30.3. The molecule has 3 atom stereocenters. The highest BCUT2D eigenvalue weighted by Gasteiger charge is 2.27. The van der Waals surface area contributed by atoms with Gasteiger partial charge in [0.25, 0.3) is 7.82 Å². The summed E-state index contributed by atoms with van der Waals surface area (Å²) in [4.78, 5) is 40.0. The van der Waals surface area contributed by atoms with Gasteiger partial charge < -0.3 is 28.5 Å². The van der Waals surface area contributed by atoms with Gasteiger partial charge in [-0.3, -0.25) is 14.2 Å². The highest BCUT2D eigenvalue weighted by molar-refractivity contribution is 7.45. The Morgan fingerprint density at radius 3 is 1.24 bits per heavy atom. The van der Waals surface area contributed by atoms with E-state index in [1.54, 1.807) is 0 Å². The predicted molar refractivity (Wildman–Crippen MR) is 334 cm³/mol. The second kappa shape index (κ2) is 56.4. The van der Waals surface area contributed by atoms with Crippen LogP contribution < -0.4 is 10.2 Å². The Labute approximate surface area is 479 Å². The molecular weight excluding hydrogens is 988 g/mol. The molecule has 10 heteroatoms. The Kier molecular flexibility index (Phi) is 53.6. The monoisotopic (exact) mass is 1100 g/mol. The van der Waals surface area contributed by atoms with Gasteiger partial charge in [0, 0.05) is 12.8 Å². The van der Waals surface area contributed by atoms with Crippen LogP contribution in [0.25, 0.3) is 0 Å². The number of amides is 1. The van der Waals surface area contributed by atoms with Crippen LogP contribution in [0.3, 0.4) is 0 Å². The number of unbranched alkanes of at least 4 members (excludes halogenated alkanes) is 18. The number of hydrogen-bond donors (Lipinski definition) is 1. The first-order valence-electron chi connectivity index (χ1n) is 31.0. The lowest BCUT2D eigenvalue weighted by atomic mass is 10.0. The summed E-state index contributed by atoms with van der Waals surface area (Å²) in [6.07, 6.45) is 79.9. The molecule has 78 heavy (non-hydrogen) atoms. The van der Waals surface area contributed by atoms with Gasteiger partial charge in [0.2, 0.25) is 5.91 Å². The molecule has 9 nitrogen and oxygen atoms in total. The molecule has 0 heterocycles. The molecule has 0 aliphatic heterocycles. The van der Waals surface area contributed by atoms with E-state index >= 15 is 0 Å². The van der Waals surface area contributed by atoms with E-state index in [0.29, 0.717) is 23.9 Å². The van der Waals surface area contributed by atoms with Crippen LogP contribution in [-0.2, 0) is 27.9 Å². The van der Waals surface area contributed by atoms with E-state index < -0.39 is 26.6 Å². The van der Waals surface area contributed by atoms with Crippen molar-refractivity contribution in [2.75, 3.05) is 40.9 Å². The molecule has 1 amide bonds. The first-order chi connectivity index (χ1) is 37.9. The van der Waals surface area contributed by atoms with Gasteiger partial charge in [-0.15, -0.1) is 0 Å². The van der Waals surface area contributed by atoms with Crippen molar-refractivity contribution in [3.8, 4) is 0 Å². The highest BCUT2D eigenvalue weighted by Crippen LogP contribution is 2.38. The molecule has 0 aromatic carbocycles. The molecule has 0 aromatic heterocycles. The number of esters is 1. The molecule has 0 saturated heterocycles. The van der Waals surface area contributed by atoms with E-state index in [1.165, 1.54) is 57.8 Å². The van der Waals surface area contributed by atoms with Gasteiger partial charge in [-0.05, 0) is 122 Å². The number of nitrogens with one attached hydrogen (secondary N) is 1. The maximum atomic E-state index is 13.5. The zero-order valence-electron chi connectivity index (χ0n) is 50.6. The van der Waals surface area contributed by atoms with Crippen LogP contribution in [-0.4, -0.2) is 69.4 Å². The second-order valence-electron chi connectivity index (χ2n) is 21.4. The van der Waals surface area contributed by atoms with Crippen LogP contribution >= 0.6 is 7.82 Å². The Bertz CT molecular complexity index is 1800. The number of phosphoric ester groups is 1. The number of phosphoric acid groups is 1. The lowest BCUT2D eigenvalue weighted by Gasteiger charge is -2.30. The number of carbonyl (C=O) groups is 2. The van der Waals surface area contributed by atoms with Crippen LogP contribution in [0.2, 0.25) is 0 Å². The predicted octanol–water partition coefficient (Wildman–Crippen LogP) is 18.6. The maximum absolute atomic E-state index is 13.5. The van der Waals surface area contributed by atoms with Crippen molar-refractivity contribution < 1.29 is 37.3 Å². The van der Waals surface area contributed by atoms with Crippen LogP contribution in [0, 0.1) is 0 Å². The van der Waals surface area contributed by atoms with Crippen molar-refractivity contribution in [2.45, 2.75) is 245 Å². The molecular formula is C68H115N2O7P. The average Bonchev–Trinajstić information content (AvgIpc) is 3.40. The number of allylic oxidation sites excluding steroid dienone is 21. The molecule has 0 spiro atoms. The Balaban J connectivity index is 5.38. The number of nitrogens with zero attached hydrogens (tertiary/aromatic N) is 1. The standard InChI is InChI=1S/C68H115N2O7P/c1-7-10-13-16-19-22-25-28-30-32-33-34-35-36-37-38-40-43-46-49-52-55-58-61-68(72)77-66(59-56-53-50-47-44-41-27-24-21-18-15-12-9-3)65(64-76-78(73,74)75-63-62-70(4,5)6)69-67(71)60-57-54-51-48-45-42-39-31-29-26-23-20-17-14-11-8-2/h10-11,13-14,19-20,22-23,28-31,33-34,36-37,40,42-43,45,56,59,65-66H,7-9,12,15-18,21,24-27,32,35,38-39,41,44,46-55,57-58,60-64H2,1-6H3,(H-,69,71,73,74)/b13-10-,14-11+,22-19-,23-20+,30-28-,31-29+,34-33-,37-36-,43-40-,45-42+,59-56-. The van der Waals surface area contributed by atoms with E-state index in [-0.39, 0.29) is 31.3 Å². The maximum Gasteiger partial charge on any atom is 0.306 e. The zero-order valence-corrected chi connectivity index (χ0v) is 51.5. The summed E-state index contributed by atoms with van der Waals surface area (Å²) in [6, 6.07) is -0.926. The third-order valence-corrected chi connectivity index (χ3v) is 13.8. The number of quaternary nitrogens is 1. The second-order valence-corrected chi connectivity index (χ2v) is 22.9. The molecule has 0 bridgehead atoms. The van der Waals surface area contributed by atoms with Crippen molar-refractivity contribution in [3.05, 3.63) is 134 Å². The SMILES string of the molecule is CC/C=C\C/C=C\C/C=C\C/C=C\C/C=C\C/C=C\CCCCCCC(=O)OC(/C=C\CCCCCCCCCCCCC)C(COP(=O)([O-])OCC[N+](C)(C)C)NC(=O)CCCCC/C=C/C/C=C/C/C=C/C/C=C/CC. The molecule has 1 N–H and O–H groups in total. The average molecular weight is 1100 g/mol. The molecule has 3 unspecified atom stereocenters. The van der Waals surface area contributed by atoms with Crippen LogP contribution in [0.4, 0.5) is 0 Å². The minimum Gasteiger partial charge on any atom is -0.756 e. The fourth-order valence-corrected chi connectivity index (χ4v) is 8.83. The Morgan fingerprint density at radius 1 is 0.462 bits per heavy atom. The number of carbonyl (C=O) groups excluding carboxylic acids is 2. The van der Waals surface area contributed by atoms with Crippen molar-refractivity contribution in [3.63, 3.8) is 0 Å². The summed E-state index contributed by atoms with van der Waals surface area (Å²) >= 11 is 0. The van der Waals surface area contributed by atoms with Gasteiger partial charge in [-0.25, -0.2) is 0 Å². The molecule has 0 fully saturated rings. The first kappa shape index (κ1) is 74.2. The lowest BCUT2D eigenvalue weighted by molar-refractivity contribution is -0.870. The molecule has 0 rings (SSSR count). The smallest absolute Gasteiger partial charge is 0.306 e. The fourth-order valence-electron chi connectivity index (χ4n) is 8.10. The summed E-state index contributed by atoms with van der Waals surface area (Å²) in [5.41, 5.74) is 0. The van der Waals surface area contributed by atoms with Crippen LogP contribution in [0.15, 0.2) is 134 Å². The van der Waals surface area contributed by atoms with Crippen molar-refractivity contribution >= 4 is 19.7 Å². The third-order valence-electron chi connectivity index (χ3n) is 12.8. The topological polar surface area (TPSA) is 114 Å². The number of ether oxygens (including phenoxy) is 1. The summed E-state index contributed by atoms with van der Waals surface area (Å²) in [7, 11) is 1.13. The first-order valence-corrected chi connectivity index (χ1v) is 32.5. The number of likely N-dealkylation sites (N-methyl/N-ethyl adjacent to an activating group) is 1. The molecule has 0 saturated carbocycles. The summed E-state index contributed by atoms with van der Waals surface area (Å²) in [5, 5.41) is 3.00. The molecule has 444 valence electrons. The molecule has 0 radical (unpaired) electrons. The van der Waals surface area contributed by atoms with Crippen LogP contribution in [0.5, 0.6) is 0 Å². The van der Waals surface area contributed by atoms with E-state index in [0.717, 1.165) is 128 Å². The normalized spacial score (nSPS) is 14.6. The minimum absolute atomic E-state index is 0.0408. The van der Waals surface area contributed by atoms with Crippen LogP contribution in [0.1, 0.15) is 233 Å². The van der Waals surface area contributed by atoms with Crippen molar-refractivity contribution in [1.29, 1.82) is 0 Å². The highest BCUT2D eigenvalue weighted by atomic mass is 31.2. The van der Waals surface area contributed by atoms with Gasteiger partial charge in [0.15, 0.2) is 0 Å². The van der Waals surface area contributed by atoms with Crippen molar-refractivity contribution in [2.24, 2.45) is 0 Å². The quantitative estimate of drug-likeness (QED) is 0.0212. The molecule has 0 aliphatic rings. The number of rotatable bonds is 54. The zero-order chi connectivity index (χ0) is 57.2. The summed E-state index contributed by atoms with van der Waals surface area (Å²) in [6.45, 7) is 6.55. The van der Waals surface area contributed by atoms with E-state index in [2.05, 4.69) is 148 Å². The third kappa shape index (κ3) is 56.9. The Hall–Kier alpha value is -3.85. The van der Waals surface area contributed by atoms with Gasteiger partial charge in [-0.2, -0.15) is 0 Å². The number of hydrogen-bond acceptors (Lipinski definition) is 7. The summed E-state index contributed by atoms with van der Waals surface area (Å²) in [5.74, 6) is -0.617.